The van der Waals surface area contributed by atoms with E-state index in [1.165, 1.54) is 13.0 Å². The van der Waals surface area contributed by atoms with Gasteiger partial charge in [0, 0.05) is 12.0 Å². The number of halogens is 1. The van der Waals surface area contributed by atoms with Gasteiger partial charge < -0.3 is 0 Å². The molecule has 0 saturated heterocycles. The molecule has 0 aromatic heterocycles. The molecule has 0 spiro atoms. The monoisotopic (exact) mass is 339 g/mol. The van der Waals surface area contributed by atoms with Crippen molar-refractivity contribution in [2.24, 2.45) is 0 Å². The summed E-state index contributed by atoms with van der Waals surface area (Å²) >= 11 is 0. The van der Waals surface area contributed by atoms with E-state index >= 15 is 0 Å². The van der Waals surface area contributed by atoms with Gasteiger partial charge in [0.15, 0.2) is 0 Å². The van der Waals surface area contributed by atoms with E-state index in [4.69, 9.17) is 0 Å². The highest BCUT2D eigenvalue weighted by atomic mass is 32.2. The minimum atomic E-state index is -1.37. The van der Waals surface area contributed by atoms with Gasteiger partial charge >= 0.3 is 0 Å². The van der Waals surface area contributed by atoms with Gasteiger partial charge in [0.2, 0.25) is 0 Å². The molecule has 0 fully saturated rings. The number of benzene rings is 1. The number of rotatable bonds is 7. The predicted molar refractivity (Wildman–Crippen MR) is 94.0 cm³/mol. The van der Waals surface area contributed by atoms with E-state index in [1.807, 2.05) is 20.8 Å². The highest BCUT2D eigenvalue weighted by Gasteiger charge is 2.33. The second-order valence-electron chi connectivity index (χ2n) is 7.00. The fraction of sp³-hybridized carbons (Fsp3) is 0.500. The Bertz CT molecular complexity index is 622. The van der Waals surface area contributed by atoms with Crippen molar-refractivity contribution in [2.45, 2.75) is 57.7 Å². The molecule has 1 aromatic carbocycles. The molecule has 5 heteroatoms. The third-order valence-corrected chi connectivity index (χ3v) is 5.25. The van der Waals surface area contributed by atoms with Crippen molar-refractivity contribution >= 4 is 16.8 Å². The third-order valence-electron chi connectivity index (χ3n) is 3.51. The summed E-state index contributed by atoms with van der Waals surface area (Å²) in [6.45, 7) is 12.6. The van der Waals surface area contributed by atoms with E-state index in [9.17, 15) is 13.4 Å². The van der Waals surface area contributed by atoms with Crippen molar-refractivity contribution in [3.63, 3.8) is 0 Å². The highest BCUT2D eigenvalue weighted by Crippen LogP contribution is 2.30. The van der Waals surface area contributed by atoms with Gasteiger partial charge in [0.1, 0.15) is 11.6 Å². The predicted octanol–water partition coefficient (Wildman–Crippen LogP) is 3.80. The lowest BCUT2D eigenvalue weighted by molar-refractivity contribution is -0.116. The van der Waals surface area contributed by atoms with E-state index in [0.717, 1.165) is 5.56 Å². The molecule has 0 saturated carbocycles. The Balaban J connectivity index is 3.30. The van der Waals surface area contributed by atoms with Gasteiger partial charge in [0.25, 0.3) is 0 Å². The number of carbonyl (C=O) groups excluding carboxylic acids is 1. The summed E-state index contributed by atoms with van der Waals surface area (Å²) in [5, 5.41) is 0. The Morgan fingerprint density at radius 1 is 1.35 bits per heavy atom. The standard InChI is InChI=1S/C18H26FNO2S/c1-7-10-18(6,20-23(22)17(3,4)5)15-12-14(11-13(2)21)8-9-16(15)19/h7-9,12,20H,1,10-11H2,2-6H3/t18-,23+/m0/s1. The van der Waals surface area contributed by atoms with Gasteiger partial charge in [-0.3, -0.25) is 4.79 Å². The molecule has 2 atom stereocenters. The topological polar surface area (TPSA) is 46.2 Å². The normalized spacial score (nSPS) is 15.7. The van der Waals surface area contributed by atoms with E-state index in [0.29, 0.717) is 12.0 Å². The Hall–Kier alpha value is -1.33. The van der Waals surface area contributed by atoms with Crippen molar-refractivity contribution in [2.75, 3.05) is 0 Å². The van der Waals surface area contributed by atoms with Gasteiger partial charge in [-0.1, -0.05) is 18.2 Å². The van der Waals surface area contributed by atoms with Crippen LogP contribution in [-0.2, 0) is 27.7 Å². The largest absolute Gasteiger partial charge is 0.300 e. The summed E-state index contributed by atoms with van der Waals surface area (Å²) in [4.78, 5) is 11.3. The van der Waals surface area contributed by atoms with Gasteiger partial charge in [-0.25, -0.2) is 13.3 Å². The zero-order valence-electron chi connectivity index (χ0n) is 14.5. The number of carbonyl (C=O) groups is 1. The summed E-state index contributed by atoms with van der Waals surface area (Å²) in [5.41, 5.74) is 0.276. The zero-order chi connectivity index (χ0) is 17.8. The molecule has 23 heavy (non-hydrogen) atoms. The van der Waals surface area contributed by atoms with Gasteiger partial charge in [0.05, 0.1) is 21.3 Å². The first kappa shape index (κ1) is 19.7. The molecule has 1 N–H and O–H groups in total. The first-order chi connectivity index (χ1) is 10.5. The maximum Gasteiger partial charge on any atom is 0.134 e. The molecule has 0 radical (unpaired) electrons. The first-order valence-electron chi connectivity index (χ1n) is 7.58. The van der Waals surface area contributed by atoms with Crippen molar-refractivity contribution in [1.82, 2.24) is 4.72 Å². The summed E-state index contributed by atoms with van der Waals surface area (Å²) in [5.74, 6) is -0.376. The van der Waals surface area contributed by atoms with Crippen molar-refractivity contribution in [3.05, 3.63) is 47.8 Å². The Kier molecular flexibility index (Phi) is 6.42. The summed E-state index contributed by atoms with van der Waals surface area (Å²) in [6.07, 6.45) is 2.33. The van der Waals surface area contributed by atoms with Crippen LogP contribution in [0.5, 0.6) is 0 Å². The van der Waals surface area contributed by atoms with Crippen LogP contribution in [0.4, 0.5) is 4.39 Å². The average Bonchev–Trinajstić information content (AvgIpc) is 2.39. The Morgan fingerprint density at radius 3 is 2.43 bits per heavy atom. The van der Waals surface area contributed by atoms with E-state index in [1.54, 1.807) is 25.1 Å². The van der Waals surface area contributed by atoms with Crippen LogP contribution in [0.25, 0.3) is 0 Å². The molecule has 3 nitrogen and oxygen atoms in total. The Labute approximate surface area is 141 Å². The first-order valence-corrected chi connectivity index (χ1v) is 8.73. The second kappa shape index (κ2) is 7.49. The van der Waals surface area contributed by atoms with Crippen molar-refractivity contribution in [3.8, 4) is 0 Å². The second-order valence-corrected chi connectivity index (χ2v) is 8.97. The van der Waals surface area contributed by atoms with Crippen LogP contribution >= 0.6 is 0 Å². The molecular formula is C18H26FNO2S. The Morgan fingerprint density at radius 2 is 1.96 bits per heavy atom. The van der Waals surface area contributed by atoms with Crippen molar-refractivity contribution in [1.29, 1.82) is 0 Å². The quantitative estimate of drug-likeness (QED) is 0.768. The number of hydrogen-bond acceptors (Lipinski definition) is 2. The average molecular weight is 339 g/mol. The smallest absolute Gasteiger partial charge is 0.134 e. The SMILES string of the molecule is C=CC[C@](C)(N[S@](=O)C(C)(C)C)c1cc(CC(C)=O)ccc1F. The number of ketones is 1. The number of hydrogen-bond donors (Lipinski definition) is 1. The molecule has 0 bridgehead atoms. The maximum atomic E-state index is 14.4. The van der Waals surface area contributed by atoms with E-state index in [2.05, 4.69) is 11.3 Å². The summed E-state index contributed by atoms with van der Waals surface area (Å²) in [7, 11) is -1.37. The summed E-state index contributed by atoms with van der Waals surface area (Å²) in [6, 6.07) is 4.64. The van der Waals surface area contributed by atoms with Gasteiger partial charge in [-0.05, 0) is 52.7 Å². The number of Topliss-reactive ketones (excluding diaryl/α,β-unsaturated/α-hetero) is 1. The molecule has 0 aliphatic rings. The highest BCUT2D eigenvalue weighted by molar-refractivity contribution is 7.84. The molecule has 1 rings (SSSR count). The van der Waals surface area contributed by atoms with Crippen molar-refractivity contribution < 1.29 is 13.4 Å². The molecule has 0 aliphatic heterocycles. The molecule has 0 aliphatic carbocycles. The summed E-state index contributed by atoms with van der Waals surface area (Å²) < 4.78 is 29.5. The van der Waals surface area contributed by atoms with Crippen LogP contribution in [0, 0.1) is 5.82 Å². The van der Waals surface area contributed by atoms with Crippen LogP contribution in [-0.4, -0.2) is 14.7 Å². The van der Waals surface area contributed by atoms with Gasteiger partial charge in [-0.2, -0.15) is 0 Å². The number of nitrogens with one attached hydrogen (secondary N) is 1. The molecular weight excluding hydrogens is 313 g/mol. The van der Waals surface area contributed by atoms with Crippen LogP contribution in [0.2, 0.25) is 0 Å². The van der Waals surface area contributed by atoms with E-state index in [-0.39, 0.29) is 18.0 Å². The molecule has 1 aromatic rings. The zero-order valence-corrected chi connectivity index (χ0v) is 15.3. The van der Waals surface area contributed by atoms with Crippen LogP contribution in [0.1, 0.15) is 52.2 Å². The fourth-order valence-electron chi connectivity index (χ4n) is 2.25. The fourth-order valence-corrected chi connectivity index (χ4v) is 3.15. The lowest BCUT2D eigenvalue weighted by Gasteiger charge is -2.33. The van der Waals surface area contributed by atoms with Crippen LogP contribution in [0.15, 0.2) is 30.9 Å². The molecule has 128 valence electrons. The minimum Gasteiger partial charge on any atom is -0.300 e. The lowest BCUT2D eigenvalue weighted by atomic mass is 9.87. The van der Waals surface area contributed by atoms with Gasteiger partial charge in [-0.15, -0.1) is 6.58 Å². The van der Waals surface area contributed by atoms with Crippen LogP contribution < -0.4 is 4.72 Å². The molecule has 0 heterocycles. The molecule has 0 unspecified atom stereocenters. The lowest BCUT2D eigenvalue weighted by Crippen LogP contribution is -2.46. The van der Waals surface area contributed by atoms with Crippen LogP contribution in [0.3, 0.4) is 0 Å². The third kappa shape index (κ3) is 5.36. The minimum absolute atomic E-state index is 0.0132. The molecule has 0 amide bonds. The van der Waals surface area contributed by atoms with E-state index < -0.39 is 21.3 Å². The maximum absolute atomic E-state index is 14.4.